The first-order valence-corrected chi connectivity index (χ1v) is 34.1. The summed E-state index contributed by atoms with van der Waals surface area (Å²) >= 11 is 0. The molecule has 100 heavy (non-hydrogen) atoms. The van der Waals surface area contributed by atoms with Crippen molar-refractivity contribution in [2.75, 3.05) is 0 Å². The molecule has 0 aliphatic heterocycles. The fourth-order valence-corrected chi connectivity index (χ4v) is 14.7. The van der Waals surface area contributed by atoms with Crippen molar-refractivity contribution in [1.29, 1.82) is 0 Å². The molecular weight excluding hydrogens is 1220 g/mol. The number of imidazole rings is 1. The average molecular weight is 1280 g/mol. The third-order valence-electron chi connectivity index (χ3n) is 19.5. The molecule has 0 unspecified atom stereocenters. The van der Waals surface area contributed by atoms with Gasteiger partial charge in [-0.15, -0.1) is 0 Å². The summed E-state index contributed by atoms with van der Waals surface area (Å²) in [6.07, 6.45) is 7.71. The predicted molar refractivity (Wildman–Crippen MR) is 411 cm³/mol. The topological polar surface area (TPSA) is 53.7 Å². The molecule has 13 aromatic carbocycles. The van der Waals surface area contributed by atoms with E-state index in [1.807, 2.05) is 24.5 Å². The van der Waals surface area contributed by atoms with Crippen molar-refractivity contribution in [2.45, 2.75) is 26.2 Å². The van der Waals surface area contributed by atoms with Gasteiger partial charge in [-0.3, -0.25) is 18.7 Å². The second kappa shape index (κ2) is 24.6. The Hall–Kier alpha value is -13.0. The lowest BCUT2D eigenvalue weighted by Crippen LogP contribution is -2.31. The molecule has 18 rings (SSSR count). The summed E-state index contributed by atoms with van der Waals surface area (Å²) < 4.78 is 16.1. The van der Waals surface area contributed by atoms with Crippen molar-refractivity contribution >= 4 is 54.6 Å². The van der Waals surface area contributed by atoms with Crippen LogP contribution >= 0.6 is 0 Å². The molecule has 7 heteroatoms. The Morgan fingerprint density at radius 3 is 1.43 bits per heavy atom. The predicted octanol–water partition coefficient (Wildman–Crippen LogP) is 23.5. The van der Waals surface area contributed by atoms with Gasteiger partial charge in [0, 0.05) is 57.3 Å². The quantitative estimate of drug-likeness (QED) is 0.0854. The molecule has 0 radical (unpaired) electrons. The van der Waals surface area contributed by atoms with Crippen molar-refractivity contribution < 1.29 is 9.30 Å². The van der Waals surface area contributed by atoms with E-state index in [0.717, 1.165) is 128 Å². The molecule has 0 aliphatic carbocycles. The number of hydrogen-bond donors (Lipinski definition) is 0. The molecule has 0 saturated carbocycles. The summed E-state index contributed by atoms with van der Waals surface area (Å²) in [5.41, 5.74) is 25.0. The van der Waals surface area contributed by atoms with Gasteiger partial charge in [0.15, 0.2) is 5.82 Å². The molecule has 474 valence electrons. The van der Waals surface area contributed by atoms with Gasteiger partial charge < -0.3 is 9.30 Å². The van der Waals surface area contributed by atoms with E-state index in [2.05, 4.69) is 367 Å². The highest BCUT2D eigenvalue weighted by molar-refractivity contribution is 6.16. The zero-order valence-electron chi connectivity index (χ0n) is 55.5. The zero-order chi connectivity index (χ0) is 66.8. The van der Waals surface area contributed by atoms with Gasteiger partial charge in [-0.25, -0.2) is 4.98 Å². The first-order valence-electron chi connectivity index (χ1n) is 34.1. The highest BCUT2D eigenvalue weighted by atomic mass is 16.5. The fraction of sp³-hybridized carbons (Fsp3) is 0.0430. The number of rotatable bonds is 13. The molecule has 18 aromatic rings. The number of pyridine rings is 2. The van der Waals surface area contributed by atoms with Gasteiger partial charge in [-0.05, 0) is 180 Å². The van der Waals surface area contributed by atoms with E-state index >= 15 is 0 Å². The maximum atomic E-state index is 7.08. The molecule has 0 amide bonds. The Bertz CT molecular complexity index is 5880. The van der Waals surface area contributed by atoms with Crippen LogP contribution in [0.25, 0.3) is 156 Å². The summed E-state index contributed by atoms with van der Waals surface area (Å²) in [6.45, 7) is 6.75. The van der Waals surface area contributed by atoms with E-state index in [1.165, 1.54) is 27.4 Å². The van der Waals surface area contributed by atoms with E-state index in [-0.39, 0.29) is 5.41 Å². The largest absolute Gasteiger partial charge is 0.458 e. The van der Waals surface area contributed by atoms with E-state index in [9.17, 15) is 0 Å². The number of fused-ring (bicyclic) bond motifs is 7. The molecule has 0 saturated heterocycles. The molecule has 0 N–H and O–H groups in total. The molecule has 0 fully saturated rings. The molecule has 0 bridgehead atoms. The fourth-order valence-electron chi connectivity index (χ4n) is 14.7. The third-order valence-corrected chi connectivity index (χ3v) is 19.5. The van der Waals surface area contributed by atoms with Gasteiger partial charge in [0.05, 0.1) is 38.8 Å². The number of nitrogens with zero attached hydrogens (tertiary/aromatic N) is 6. The minimum Gasteiger partial charge on any atom is -0.458 e. The van der Waals surface area contributed by atoms with Crippen LogP contribution in [0, 0.1) is 6.33 Å². The summed E-state index contributed by atoms with van der Waals surface area (Å²) in [6, 6.07) is 120. The normalized spacial score (nSPS) is 11.8. The maximum Gasteiger partial charge on any atom is 0.271 e. The van der Waals surface area contributed by atoms with Crippen LogP contribution in [-0.2, 0) is 5.41 Å². The lowest BCUT2D eigenvalue weighted by Gasteiger charge is -2.20. The van der Waals surface area contributed by atoms with Crippen molar-refractivity contribution in [3.8, 4) is 112 Å². The van der Waals surface area contributed by atoms with Crippen molar-refractivity contribution in [3.63, 3.8) is 0 Å². The molecule has 7 nitrogen and oxygen atoms in total. The van der Waals surface area contributed by atoms with Gasteiger partial charge >= 0.3 is 0 Å². The van der Waals surface area contributed by atoms with Crippen LogP contribution in [0.3, 0.4) is 0 Å². The van der Waals surface area contributed by atoms with E-state index in [4.69, 9.17) is 14.7 Å². The minimum atomic E-state index is -0.109. The smallest absolute Gasteiger partial charge is 0.271 e. The summed E-state index contributed by atoms with van der Waals surface area (Å²) in [7, 11) is 0. The second-order valence-corrected chi connectivity index (χ2v) is 26.8. The Labute approximate surface area is 580 Å². The lowest BCUT2D eigenvalue weighted by molar-refractivity contribution is -0.571. The number of para-hydroxylation sites is 6. The van der Waals surface area contributed by atoms with Crippen molar-refractivity contribution in [1.82, 2.24) is 23.7 Å². The van der Waals surface area contributed by atoms with Crippen molar-refractivity contribution in [2.24, 2.45) is 0 Å². The van der Waals surface area contributed by atoms with Crippen LogP contribution < -0.4 is 9.30 Å². The molecule has 0 aliphatic rings. The van der Waals surface area contributed by atoms with Crippen LogP contribution in [0.1, 0.15) is 26.3 Å². The van der Waals surface area contributed by atoms with Crippen LogP contribution in [-0.4, -0.2) is 23.7 Å². The molecule has 5 heterocycles. The Balaban J connectivity index is 0.792. The summed E-state index contributed by atoms with van der Waals surface area (Å²) in [5, 5.41) is 4.63. The number of hydrogen-bond acceptors (Lipinski definition) is 3. The van der Waals surface area contributed by atoms with Gasteiger partial charge in [-0.2, -0.15) is 0 Å². The number of ether oxygens (including phenoxy) is 1. The first kappa shape index (κ1) is 59.5. The first-order chi connectivity index (χ1) is 49.2. The lowest BCUT2D eigenvalue weighted by atomic mass is 9.88. The second-order valence-electron chi connectivity index (χ2n) is 26.8. The Morgan fingerprint density at radius 2 is 0.810 bits per heavy atom. The van der Waals surface area contributed by atoms with E-state index in [1.54, 1.807) is 0 Å². The molecule has 0 atom stereocenters. The Morgan fingerprint density at radius 1 is 0.320 bits per heavy atom. The summed E-state index contributed by atoms with van der Waals surface area (Å²) in [4.78, 5) is 10.2. The summed E-state index contributed by atoms with van der Waals surface area (Å²) in [5.74, 6) is 2.78. The van der Waals surface area contributed by atoms with Gasteiger partial charge in [0.2, 0.25) is 0 Å². The molecule has 5 aromatic heterocycles. The van der Waals surface area contributed by atoms with Crippen LogP contribution in [0.2, 0.25) is 0 Å². The van der Waals surface area contributed by atoms with E-state index < -0.39 is 0 Å². The Kier molecular flexibility index (Phi) is 14.6. The van der Waals surface area contributed by atoms with Crippen LogP contribution in [0.15, 0.2) is 346 Å². The monoisotopic (exact) mass is 1280 g/mol. The average Bonchev–Trinajstić information content (AvgIpc) is 1.56. The number of benzene rings is 13. The highest BCUT2D eigenvalue weighted by Gasteiger charge is 2.25. The molecule has 0 spiro atoms. The van der Waals surface area contributed by atoms with Crippen LogP contribution in [0.5, 0.6) is 11.5 Å². The SMILES string of the molecule is CC(C)(C)c1ccnc(-n2c3ccc(-c4cccc5c6ccccc6n(-c6ccccc6)c45)cc3c3ccc(Oc4ccnc(-n5[c-][n+](-c6c(-c7cc(-c8ccccc8)cc(-c8ccccc8)c7)cccc6-c6cc(-c7ccccc7)cc(-c7ccccc7)c6)c6ccccc65)c4)cc32)c1. The van der Waals surface area contributed by atoms with Gasteiger partial charge in [0.1, 0.15) is 17.3 Å². The zero-order valence-corrected chi connectivity index (χ0v) is 55.5. The van der Waals surface area contributed by atoms with Gasteiger partial charge in [-0.1, -0.05) is 245 Å². The number of aromatic nitrogens is 6. The van der Waals surface area contributed by atoms with Crippen molar-refractivity contribution in [3.05, 3.63) is 358 Å². The third kappa shape index (κ3) is 10.7. The molecular formula is C93H66N6O. The highest BCUT2D eigenvalue weighted by Crippen LogP contribution is 2.45. The standard InChI is InChI=1S/C93H66N6O/c1-93(2,3)73-47-49-95-90(58-73)99-85-46-43-66(77-36-24-39-82-80-35-19-20-40-84(80)98(92(77)82)74-33-17-8-18-34-74)57-83(85)81-45-44-75(59-88(81)99)100-76-48-50-94-89(60-76)96-61-97(87-42-22-21-41-86(87)96)91-78(71-53-67(62-25-9-4-10-26-62)51-68(54-71)63-27-11-5-12-28-63)37-23-38-79(91)72-55-69(64-29-13-6-14-30-64)52-70(56-72)65-31-15-7-16-32-65/h4-60H,1-3H3. The van der Waals surface area contributed by atoms with Gasteiger partial charge in [0.25, 0.3) is 6.33 Å². The maximum absolute atomic E-state index is 7.08. The minimum absolute atomic E-state index is 0.109. The van der Waals surface area contributed by atoms with E-state index in [0.29, 0.717) is 17.3 Å². The van der Waals surface area contributed by atoms with Crippen LogP contribution in [0.4, 0.5) is 0 Å².